The van der Waals surface area contributed by atoms with Gasteiger partial charge in [-0.15, -0.1) is 0 Å². The lowest BCUT2D eigenvalue weighted by molar-refractivity contribution is -0.141. The smallest absolute Gasteiger partial charge is 0.326 e. The topological polar surface area (TPSA) is 60.9 Å². The number of carbonyl (C=O) groups excluding carboxylic acids is 1. The number of hydrogen-bond acceptors (Lipinski definition) is 3. The zero-order valence-electron chi connectivity index (χ0n) is 12.5. The standard InChI is InChI=1S/C15H24N2O3S/c1-10-9-16(6-7-21-10)15(20)17-12-5-3-2-4-11(12)8-13(17)14(18)19/h10-13H,2-9H2,1H3,(H,18,19). The van der Waals surface area contributed by atoms with Crippen molar-refractivity contribution < 1.29 is 14.7 Å². The molecule has 1 N–H and O–H groups in total. The molecule has 3 aliphatic rings. The molecule has 2 aliphatic heterocycles. The van der Waals surface area contributed by atoms with Gasteiger partial charge in [0.05, 0.1) is 0 Å². The first-order chi connectivity index (χ1) is 10.1. The van der Waals surface area contributed by atoms with E-state index in [1.54, 1.807) is 4.90 Å². The van der Waals surface area contributed by atoms with Gasteiger partial charge in [-0.25, -0.2) is 9.59 Å². The molecule has 0 aromatic rings. The number of likely N-dealkylation sites (tertiary alicyclic amines) is 1. The van der Waals surface area contributed by atoms with Crippen molar-refractivity contribution in [2.24, 2.45) is 5.92 Å². The van der Waals surface area contributed by atoms with Crippen LogP contribution in [-0.4, -0.2) is 63.1 Å². The largest absolute Gasteiger partial charge is 0.480 e. The van der Waals surface area contributed by atoms with Crippen molar-refractivity contribution in [3.8, 4) is 0 Å². The number of carbonyl (C=O) groups is 2. The van der Waals surface area contributed by atoms with Crippen LogP contribution in [0.25, 0.3) is 0 Å². The maximum atomic E-state index is 12.9. The number of aliphatic carboxylic acids is 1. The minimum atomic E-state index is -0.836. The van der Waals surface area contributed by atoms with Crippen LogP contribution in [0.2, 0.25) is 0 Å². The number of urea groups is 1. The Kier molecular flexibility index (Phi) is 4.33. The highest BCUT2D eigenvalue weighted by molar-refractivity contribution is 7.99. The molecule has 1 saturated carbocycles. The molecule has 4 unspecified atom stereocenters. The lowest BCUT2D eigenvalue weighted by atomic mass is 9.85. The van der Waals surface area contributed by atoms with Crippen LogP contribution in [0.1, 0.15) is 39.0 Å². The minimum absolute atomic E-state index is 0.0380. The number of fused-ring (bicyclic) bond motifs is 1. The molecular weight excluding hydrogens is 288 g/mol. The molecule has 118 valence electrons. The van der Waals surface area contributed by atoms with Crippen LogP contribution in [0.4, 0.5) is 4.79 Å². The van der Waals surface area contributed by atoms with Gasteiger partial charge in [0.15, 0.2) is 0 Å². The summed E-state index contributed by atoms with van der Waals surface area (Å²) in [6.45, 7) is 3.62. The van der Waals surface area contributed by atoms with Crippen LogP contribution < -0.4 is 0 Å². The van der Waals surface area contributed by atoms with Gasteiger partial charge in [0, 0.05) is 30.1 Å². The highest BCUT2D eigenvalue weighted by Gasteiger charge is 2.48. The van der Waals surface area contributed by atoms with E-state index in [4.69, 9.17) is 0 Å². The average molecular weight is 312 g/mol. The van der Waals surface area contributed by atoms with Gasteiger partial charge in [0.25, 0.3) is 0 Å². The fourth-order valence-electron chi connectivity index (χ4n) is 4.11. The van der Waals surface area contributed by atoms with Gasteiger partial charge < -0.3 is 14.9 Å². The molecular formula is C15H24N2O3S. The van der Waals surface area contributed by atoms with Crippen LogP contribution >= 0.6 is 11.8 Å². The summed E-state index contributed by atoms with van der Waals surface area (Å²) in [7, 11) is 0. The third kappa shape index (κ3) is 2.87. The van der Waals surface area contributed by atoms with Crippen LogP contribution in [0.3, 0.4) is 0 Å². The van der Waals surface area contributed by atoms with Gasteiger partial charge in [0.1, 0.15) is 6.04 Å². The van der Waals surface area contributed by atoms with E-state index in [-0.39, 0.29) is 12.1 Å². The van der Waals surface area contributed by atoms with Crippen molar-refractivity contribution in [1.29, 1.82) is 0 Å². The molecule has 2 saturated heterocycles. The van der Waals surface area contributed by atoms with Gasteiger partial charge in [-0.1, -0.05) is 19.8 Å². The van der Waals surface area contributed by atoms with Gasteiger partial charge in [0.2, 0.25) is 0 Å². The van der Waals surface area contributed by atoms with Crippen molar-refractivity contribution in [2.45, 2.75) is 56.4 Å². The SMILES string of the molecule is CC1CN(C(=O)N2C(C(=O)O)CC3CCCCC32)CCS1. The molecule has 0 aromatic heterocycles. The third-order valence-corrected chi connectivity index (χ3v) is 6.24. The minimum Gasteiger partial charge on any atom is -0.480 e. The maximum Gasteiger partial charge on any atom is 0.326 e. The first-order valence-corrected chi connectivity index (χ1v) is 9.04. The Morgan fingerprint density at radius 2 is 2.00 bits per heavy atom. The Labute approximate surface area is 130 Å². The second-order valence-corrected chi connectivity index (χ2v) is 8.07. The molecule has 3 fully saturated rings. The summed E-state index contributed by atoms with van der Waals surface area (Å²) >= 11 is 1.88. The highest BCUT2D eigenvalue weighted by Crippen LogP contribution is 2.40. The average Bonchev–Trinajstić information content (AvgIpc) is 2.86. The Bertz CT molecular complexity index is 431. The predicted octanol–water partition coefficient (Wildman–Crippen LogP) is 2.26. The lowest BCUT2D eigenvalue weighted by Gasteiger charge is -2.39. The summed E-state index contributed by atoms with van der Waals surface area (Å²) in [5, 5.41) is 9.95. The number of carboxylic acid groups (broad SMARTS) is 1. The third-order valence-electron chi connectivity index (χ3n) is 5.11. The summed E-state index contributed by atoms with van der Waals surface area (Å²) in [5.41, 5.74) is 0. The lowest BCUT2D eigenvalue weighted by Crippen LogP contribution is -2.54. The summed E-state index contributed by atoms with van der Waals surface area (Å²) in [6, 6.07) is -0.503. The van der Waals surface area contributed by atoms with E-state index in [0.717, 1.165) is 38.1 Å². The van der Waals surface area contributed by atoms with Gasteiger partial charge in [-0.05, 0) is 25.2 Å². The first-order valence-electron chi connectivity index (χ1n) is 7.99. The molecule has 0 bridgehead atoms. The van der Waals surface area contributed by atoms with E-state index in [0.29, 0.717) is 17.6 Å². The van der Waals surface area contributed by atoms with Crippen LogP contribution in [0.5, 0.6) is 0 Å². The molecule has 21 heavy (non-hydrogen) atoms. The fraction of sp³-hybridized carbons (Fsp3) is 0.867. The van der Waals surface area contributed by atoms with Crippen molar-refractivity contribution in [3.05, 3.63) is 0 Å². The highest BCUT2D eigenvalue weighted by atomic mass is 32.2. The zero-order valence-corrected chi connectivity index (χ0v) is 13.3. The summed E-state index contributed by atoms with van der Waals surface area (Å²) in [6.07, 6.45) is 4.98. The monoisotopic (exact) mass is 312 g/mol. The number of thioether (sulfide) groups is 1. The van der Waals surface area contributed by atoms with Crippen LogP contribution in [-0.2, 0) is 4.79 Å². The molecule has 2 amide bonds. The predicted molar refractivity (Wildman–Crippen MR) is 82.5 cm³/mol. The van der Waals surface area contributed by atoms with Crippen molar-refractivity contribution in [3.63, 3.8) is 0 Å². The summed E-state index contributed by atoms with van der Waals surface area (Å²) in [4.78, 5) is 28.1. The Morgan fingerprint density at radius 3 is 2.71 bits per heavy atom. The normalized spacial score (nSPS) is 36.4. The Hall–Kier alpha value is -0.910. The number of rotatable bonds is 1. The van der Waals surface area contributed by atoms with E-state index < -0.39 is 12.0 Å². The van der Waals surface area contributed by atoms with E-state index in [9.17, 15) is 14.7 Å². The molecule has 6 heteroatoms. The Balaban J connectivity index is 1.79. The van der Waals surface area contributed by atoms with E-state index in [2.05, 4.69) is 6.92 Å². The van der Waals surface area contributed by atoms with Crippen molar-refractivity contribution >= 4 is 23.8 Å². The van der Waals surface area contributed by atoms with E-state index in [1.807, 2.05) is 16.7 Å². The zero-order chi connectivity index (χ0) is 15.0. The second kappa shape index (κ2) is 6.07. The molecule has 3 rings (SSSR count). The fourth-order valence-corrected chi connectivity index (χ4v) is 5.12. The molecule has 0 radical (unpaired) electrons. The quantitative estimate of drug-likeness (QED) is 0.807. The van der Waals surface area contributed by atoms with Crippen LogP contribution in [0.15, 0.2) is 0 Å². The maximum absolute atomic E-state index is 12.9. The number of carboxylic acids is 1. The van der Waals surface area contributed by atoms with Crippen molar-refractivity contribution in [2.75, 3.05) is 18.8 Å². The van der Waals surface area contributed by atoms with Gasteiger partial charge in [-0.3, -0.25) is 0 Å². The molecule has 0 spiro atoms. The second-order valence-electron chi connectivity index (χ2n) is 6.52. The van der Waals surface area contributed by atoms with Crippen LogP contribution in [0, 0.1) is 5.92 Å². The molecule has 0 aromatic carbocycles. The number of amides is 2. The summed E-state index contributed by atoms with van der Waals surface area (Å²) in [5.74, 6) is 0.504. The molecule has 1 aliphatic carbocycles. The number of nitrogens with zero attached hydrogens (tertiary/aromatic N) is 2. The molecule has 4 atom stereocenters. The molecule has 5 nitrogen and oxygen atoms in total. The first kappa shape index (κ1) is 15.0. The van der Waals surface area contributed by atoms with Gasteiger partial charge in [-0.2, -0.15) is 11.8 Å². The number of hydrogen-bond donors (Lipinski definition) is 1. The molecule has 2 heterocycles. The van der Waals surface area contributed by atoms with E-state index in [1.165, 1.54) is 6.42 Å². The van der Waals surface area contributed by atoms with Gasteiger partial charge >= 0.3 is 12.0 Å². The Morgan fingerprint density at radius 1 is 1.24 bits per heavy atom. The van der Waals surface area contributed by atoms with E-state index >= 15 is 0 Å². The van der Waals surface area contributed by atoms with Crippen molar-refractivity contribution in [1.82, 2.24) is 9.80 Å². The summed E-state index contributed by atoms with van der Waals surface area (Å²) < 4.78 is 0.